The first-order valence-electron chi connectivity index (χ1n) is 5.62. The summed E-state index contributed by atoms with van der Waals surface area (Å²) in [6.07, 6.45) is 8.23. The van der Waals surface area contributed by atoms with E-state index < -0.39 is 0 Å². The van der Waals surface area contributed by atoms with Crippen molar-refractivity contribution in [2.75, 3.05) is 13.1 Å². The number of nitrogens with zero attached hydrogens (tertiary/aromatic N) is 3. The van der Waals surface area contributed by atoms with Crippen LogP contribution in [0.4, 0.5) is 0 Å². The first-order valence-corrected chi connectivity index (χ1v) is 5.62. The van der Waals surface area contributed by atoms with Gasteiger partial charge in [-0.2, -0.15) is 5.26 Å². The minimum absolute atomic E-state index is 0.689. The maximum atomic E-state index is 8.87. The summed E-state index contributed by atoms with van der Waals surface area (Å²) in [5.74, 6) is 0. The number of pyridine rings is 1. The Morgan fingerprint density at radius 1 is 1.50 bits per heavy atom. The zero-order valence-electron chi connectivity index (χ0n) is 9.48. The van der Waals surface area contributed by atoms with Gasteiger partial charge >= 0.3 is 0 Å². The Balaban J connectivity index is 2.18. The molecule has 0 atom stereocenters. The summed E-state index contributed by atoms with van der Waals surface area (Å²) < 4.78 is 0. The van der Waals surface area contributed by atoms with Crippen LogP contribution in [-0.2, 0) is 6.42 Å². The minimum Gasteiger partial charge on any atom is -0.306 e. The highest BCUT2D eigenvalue weighted by atomic mass is 15.1. The van der Waals surface area contributed by atoms with Crippen LogP contribution in [0.3, 0.4) is 0 Å². The largest absolute Gasteiger partial charge is 0.306 e. The fraction of sp³-hybridized carbons (Fsp3) is 0.385. The first-order chi connectivity index (χ1) is 7.83. The Morgan fingerprint density at radius 2 is 2.38 bits per heavy atom. The van der Waals surface area contributed by atoms with Crippen molar-refractivity contribution in [2.24, 2.45) is 0 Å². The van der Waals surface area contributed by atoms with Crippen LogP contribution in [-0.4, -0.2) is 23.0 Å². The van der Waals surface area contributed by atoms with Crippen molar-refractivity contribution in [1.82, 2.24) is 9.88 Å². The van der Waals surface area contributed by atoms with Gasteiger partial charge in [0.25, 0.3) is 0 Å². The minimum atomic E-state index is 0.689. The van der Waals surface area contributed by atoms with E-state index in [1.807, 2.05) is 12.3 Å². The molecular weight excluding hydrogens is 198 g/mol. The van der Waals surface area contributed by atoms with Crippen molar-refractivity contribution in [3.05, 3.63) is 35.7 Å². The molecule has 1 aliphatic rings. The highest BCUT2D eigenvalue weighted by Crippen LogP contribution is 2.18. The smallest absolute Gasteiger partial charge is 0.179 e. The number of aryl methyl sites for hydroxylation is 1. The maximum absolute atomic E-state index is 8.87. The SMILES string of the molecule is CCc1ccc(C2=CCCN(C#N)C2)nc1. The van der Waals surface area contributed by atoms with Crippen LogP contribution in [0.15, 0.2) is 24.4 Å². The van der Waals surface area contributed by atoms with Crippen LogP contribution >= 0.6 is 0 Å². The molecule has 2 rings (SSSR count). The normalized spacial score (nSPS) is 15.5. The Hall–Kier alpha value is -1.82. The Bertz CT molecular complexity index is 425. The number of rotatable bonds is 2. The standard InChI is InChI=1S/C13H15N3/c1-2-11-5-6-13(15-8-11)12-4-3-7-16(9-12)10-14/h4-6,8H,2-3,7,9H2,1H3. The van der Waals surface area contributed by atoms with Crippen molar-refractivity contribution in [2.45, 2.75) is 19.8 Å². The molecule has 0 saturated heterocycles. The fourth-order valence-electron chi connectivity index (χ4n) is 1.84. The molecule has 0 N–H and O–H groups in total. The molecule has 0 aromatic carbocycles. The molecule has 0 spiro atoms. The molecule has 0 aliphatic carbocycles. The van der Waals surface area contributed by atoms with Crippen molar-refractivity contribution < 1.29 is 0 Å². The molecule has 1 aliphatic heterocycles. The third-order valence-electron chi connectivity index (χ3n) is 2.85. The molecule has 82 valence electrons. The fourth-order valence-corrected chi connectivity index (χ4v) is 1.84. The summed E-state index contributed by atoms with van der Waals surface area (Å²) in [7, 11) is 0. The summed E-state index contributed by atoms with van der Waals surface area (Å²) in [5, 5.41) is 8.87. The lowest BCUT2D eigenvalue weighted by Crippen LogP contribution is -2.24. The average molecular weight is 213 g/mol. The van der Waals surface area contributed by atoms with Crippen LogP contribution < -0.4 is 0 Å². The second-order valence-corrected chi connectivity index (χ2v) is 3.94. The molecular formula is C13H15N3. The van der Waals surface area contributed by atoms with E-state index in [1.165, 1.54) is 5.56 Å². The van der Waals surface area contributed by atoms with Crippen LogP contribution in [0.1, 0.15) is 24.6 Å². The summed E-state index contributed by atoms with van der Waals surface area (Å²) in [6, 6.07) is 4.15. The van der Waals surface area contributed by atoms with E-state index in [4.69, 9.17) is 5.26 Å². The van der Waals surface area contributed by atoms with Gasteiger partial charge in [-0.25, -0.2) is 0 Å². The van der Waals surface area contributed by atoms with Gasteiger partial charge in [0.15, 0.2) is 6.19 Å². The third-order valence-corrected chi connectivity index (χ3v) is 2.85. The number of hydrogen-bond donors (Lipinski definition) is 0. The lowest BCUT2D eigenvalue weighted by Gasteiger charge is -2.21. The van der Waals surface area contributed by atoms with Gasteiger partial charge in [0.05, 0.1) is 12.2 Å². The molecule has 2 heterocycles. The molecule has 0 saturated carbocycles. The van der Waals surface area contributed by atoms with Gasteiger partial charge in [-0.1, -0.05) is 19.1 Å². The Labute approximate surface area is 96.0 Å². The molecule has 16 heavy (non-hydrogen) atoms. The van der Waals surface area contributed by atoms with Crippen molar-refractivity contribution in [1.29, 1.82) is 5.26 Å². The van der Waals surface area contributed by atoms with E-state index in [0.29, 0.717) is 6.54 Å². The molecule has 0 fully saturated rings. The highest BCUT2D eigenvalue weighted by Gasteiger charge is 2.12. The lowest BCUT2D eigenvalue weighted by molar-refractivity contribution is 0.433. The number of aromatic nitrogens is 1. The second kappa shape index (κ2) is 4.80. The van der Waals surface area contributed by atoms with E-state index in [2.05, 4.69) is 30.2 Å². The van der Waals surface area contributed by atoms with Crippen LogP contribution in [0.2, 0.25) is 0 Å². The maximum Gasteiger partial charge on any atom is 0.179 e. The van der Waals surface area contributed by atoms with Crippen molar-refractivity contribution >= 4 is 5.57 Å². The van der Waals surface area contributed by atoms with Gasteiger partial charge in [-0.05, 0) is 30.0 Å². The molecule has 3 nitrogen and oxygen atoms in total. The quantitative estimate of drug-likeness (QED) is 0.707. The molecule has 1 aromatic heterocycles. The topological polar surface area (TPSA) is 39.9 Å². The van der Waals surface area contributed by atoms with Crippen molar-refractivity contribution in [3.63, 3.8) is 0 Å². The van der Waals surface area contributed by atoms with Gasteiger partial charge in [-0.3, -0.25) is 4.98 Å². The first kappa shape index (κ1) is 10.7. The zero-order valence-corrected chi connectivity index (χ0v) is 9.48. The van der Waals surface area contributed by atoms with E-state index in [1.54, 1.807) is 4.90 Å². The van der Waals surface area contributed by atoms with Gasteiger partial charge < -0.3 is 4.90 Å². The number of nitriles is 1. The predicted molar refractivity (Wildman–Crippen MR) is 63.4 cm³/mol. The lowest BCUT2D eigenvalue weighted by atomic mass is 10.1. The predicted octanol–water partition coefficient (Wildman–Crippen LogP) is 2.21. The zero-order chi connectivity index (χ0) is 11.4. The number of hydrogen-bond acceptors (Lipinski definition) is 3. The molecule has 1 aromatic rings. The van der Waals surface area contributed by atoms with E-state index in [9.17, 15) is 0 Å². The summed E-state index contributed by atoms with van der Waals surface area (Å²) in [6.45, 7) is 3.63. The van der Waals surface area contributed by atoms with Crippen molar-refractivity contribution in [3.8, 4) is 6.19 Å². The Morgan fingerprint density at radius 3 is 3.00 bits per heavy atom. The molecule has 0 bridgehead atoms. The molecule has 3 heteroatoms. The summed E-state index contributed by atoms with van der Waals surface area (Å²) in [4.78, 5) is 6.21. The molecule has 0 radical (unpaired) electrons. The van der Waals surface area contributed by atoms with Gasteiger partial charge in [-0.15, -0.1) is 0 Å². The summed E-state index contributed by atoms with van der Waals surface area (Å²) in [5.41, 5.74) is 3.41. The molecule has 0 amide bonds. The average Bonchev–Trinajstić information content (AvgIpc) is 2.39. The van der Waals surface area contributed by atoms with Gasteiger partial charge in [0.1, 0.15) is 0 Å². The Kier molecular flexibility index (Phi) is 3.21. The molecule has 0 unspecified atom stereocenters. The summed E-state index contributed by atoms with van der Waals surface area (Å²) >= 11 is 0. The third kappa shape index (κ3) is 2.22. The highest BCUT2D eigenvalue weighted by molar-refractivity contribution is 5.65. The van der Waals surface area contributed by atoms with Crippen LogP contribution in [0.25, 0.3) is 5.57 Å². The van der Waals surface area contributed by atoms with E-state index >= 15 is 0 Å². The van der Waals surface area contributed by atoms with E-state index in [0.717, 1.165) is 30.7 Å². The monoisotopic (exact) mass is 213 g/mol. The second-order valence-electron chi connectivity index (χ2n) is 3.94. The van der Waals surface area contributed by atoms with Gasteiger partial charge in [0, 0.05) is 12.7 Å². The van der Waals surface area contributed by atoms with Crippen LogP contribution in [0, 0.1) is 11.5 Å². The van der Waals surface area contributed by atoms with E-state index in [-0.39, 0.29) is 0 Å². The van der Waals surface area contributed by atoms with Crippen LogP contribution in [0.5, 0.6) is 0 Å². The van der Waals surface area contributed by atoms with Gasteiger partial charge in [0.2, 0.25) is 0 Å².